The third kappa shape index (κ3) is 4.33. The molecule has 0 amide bonds. The second-order valence-corrected chi connectivity index (χ2v) is 21.4. The van der Waals surface area contributed by atoms with Crippen molar-refractivity contribution in [2.24, 2.45) is 5.92 Å². The van der Waals surface area contributed by atoms with Crippen molar-refractivity contribution in [3.8, 4) is 0 Å². The molecule has 3 nitrogen and oxygen atoms in total. The van der Waals surface area contributed by atoms with Crippen molar-refractivity contribution in [1.29, 1.82) is 0 Å². The van der Waals surface area contributed by atoms with Crippen LogP contribution in [0.5, 0.6) is 0 Å². The van der Waals surface area contributed by atoms with E-state index in [4.69, 9.17) is 4.74 Å². The van der Waals surface area contributed by atoms with E-state index >= 15 is 0 Å². The molecule has 1 saturated heterocycles. The van der Waals surface area contributed by atoms with Gasteiger partial charge in [0.2, 0.25) is 0 Å². The van der Waals surface area contributed by atoms with Gasteiger partial charge in [-0.15, -0.1) is 0 Å². The summed E-state index contributed by atoms with van der Waals surface area (Å²) in [6.45, 7) is 1.56. The molecule has 0 aromatic heterocycles. The Morgan fingerprint density at radius 2 is 1.71 bits per heavy atom. The molecule has 0 spiro atoms. The first-order chi connectivity index (χ1) is 9.82. The van der Waals surface area contributed by atoms with Crippen molar-refractivity contribution in [2.75, 3.05) is 13.2 Å². The summed E-state index contributed by atoms with van der Waals surface area (Å²) in [5, 5.41) is 0. The van der Waals surface area contributed by atoms with Gasteiger partial charge < -0.3 is 0 Å². The molecule has 1 aromatic carbocycles. The van der Waals surface area contributed by atoms with Gasteiger partial charge in [-0.25, -0.2) is 0 Å². The van der Waals surface area contributed by atoms with Crippen LogP contribution in [0, 0.1) is 5.92 Å². The van der Waals surface area contributed by atoms with E-state index in [0.29, 0.717) is 10.8 Å². The molecule has 0 bridgehead atoms. The summed E-state index contributed by atoms with van der Waals surface area (Å²) in [6, 6.07) is 8.97. The monoisotopic (exact) mass is 372 g/mol. The quantitative estimate of drug-likeness (QED) is 0.744. The zero-order chi connectivity index (χ0) is 15.5. The van der Waals surface area contributed by atoms with E-state index in [-0.39, 0.29) is 4.08 Å². The predicted molar refractivity (Wildman–Crippen MR) is 88.9 cm³/mol. The van der Waals surface area contributed by atoms with Crippen molar-refractivity contribution in [3.63, 3.8) is 0 Å². The summed E-state index contributed by atoms with van der Waals surface area (Å²) >= 11 is -2.36. The van der Waals surface area contributed by atoms with Crippen LogP contribution in [0.1, 0.15) is 19.3 Å². The van der Waals surface area contributed by atoms with Crippen LogP contribution >= 0.6 is 0 Å². The summed E-state index contributed by atoms with van der Waals surface area (Å²) in [4.78, 5) is 0.489. The molecule has 0 aliphatic carbocycles. The molecular formula is C16H26GeO3S. The van der Waals surface area contributed by atoms with E-state index in [9.17, 15) is 8.42 Å². The van der Waals surface area contributed by atoms with Crippen LogP contribution in [0.3, 0.4) is 0 Å². The summed E-state index contributed by atoms with van der Waals surface area (Å²) in [7, 11) is -3.22. The fraction of sp³-hybridized carbons (Fsp3) is 0.625. The van der Waals surface area contributed by atoms with Gasteiger partial charge in [-0.05, 0) is 0 Å². The van der Waals surface area contributed by atoms with E-state index in [0.717, 1.165) is 32.5 Å². The maximum atomic E-state index is 13.1. The van der Waals surface area contributed by atoms with Gasteiger partial charge in [0, 0.05) is 0 Å². The van der Waals surface area contributed by atoms with Crippen LogP contribution in [0.4, 0.5) is 0 Å². The Bertz CT molecular complexity index is 543. The first-order valence-corrected chi connectivity index (χ1v) is 16.7. The topological polar surface area (TPSA) is 43.4 Å². The molecule has 5 heteroatoms. The number of benzene rings is 1. The Morgan fingerprint density at radius 1 is 1.14 bits per heavy atom. The van der Waals surface area contributed by atoms with Gasteiger partial charge in [-0.2, -0.15) is 0 Å². The number of ether oxygens (including phenoxy) is 1. The van der Waals surface area contributed by atoms with Gasteiger partial charge in [0.25, 0.3) is 0 Å². The third-order valence-electron chi connectivity index (χ3n) is 4.30. The van der Waals surface area contributed by atoms with Gasteiger partial charge in [-0.3, -0.25) is 0 Å². The standard InChI is InChI=1S/C16H26GeO3S/c1-17(2,3)16(13-14-9-11-20-12-10-14)21(18,19)15-7-5-4-6-8-15/h4-8,14,16H,9-13H2,1-3H3. The Labute approximate surface area is 131 Å². The first-order valence-electron chi connectivity index (χ1n) is 7.68. The summed E-state index contributed by atoms with van der Waals surface area (Å²) < 4.78 is 31.4. The molecule has 0 N–H and O–H groups in total. The number of sulfone groups is 1. The second-order valence-electron chi connectivity index (χ2n) is 7.00. The van der Waals surface area contributed by atoms with Gasteiger partial charge in [0.15, 0.2) is 0 Å². The van der Waals surface area contributed by atoms with Crippen LogP contribution in [0.2, 0.25) is 17.3 Å². The van der Waals surface area contributed by atoms with Crippen LogP contribution in [-0.2, 0) is 14.6 Å². The summed E-state index contributed by atoms with van der Waals surface area (Å²) in [5.74, 6) is 7.13. The summed E-state index contributed by atoms with van der Waals surface area (Å²) in [6.07, 6.45) is 2.81. The molecule has 21 heavy (non-hydrogen) atoms. The molecule has 118 valence electrons. The van der Waals surface area contributed by atoms with Crippen LogP contribution in [-0.4, -0.2) is 39.0 Å². The van der Waals surface area contributed by atoms with Gasteiger partial charge in [-0.1, -0.05) is 0 Å². The molecule has 1 heterocycles. The SMILES string of the molecule is [CH3][Ge]([CH3])([CH3])[CH](CC1CCOCC1)S(=O)(=O)c1ccccc1. The number of hydrogen-bond donors (Lipinski definition) is 0. The van der Waals surface area contributed by atoms with E-state index < -0.39 is 23.1 Å². The average molecular weight is 371 g/mol. The molecule has 2 rings (SSSR count). The molecule has 1 atom stereocenters. The van der Waals surface area contributed by atoms with Gasteiger partial charge in [0.1, 0.15) is 0 Å². The van der Waals surface area contributed by atoms with Crippen LogP contribution in [0.25, 0.3) is 0 Å². The molecule has 1 unspecified atom stereocenters. The molecule has 1 aliphatic heterocycles. The average Bonchev–Trinajstić information content (AvgIpc) is 2.45. The van der Waals surface area contributed by atoms with E-state index in [1.165, 1.54) is 0 Å². The third-order valence-corrected chi connectivity index (χ3v) is 16.3. The fourth-order valence-corrected chi connectivity index (χ4v) is 14.2. The Balaban J connectivity index is 2.27. The summed E-state index contributed by atoms with van der Waals surface area (Å²) in [5.41, 5.74) is 0. The zero-order valence-electron chi connectivity index (χ0n) is 13.2. The molecular weight excluding hydrogens is 345 g/mol. The van der Waals surface area contributed by atoms with Gasteiger partial charge >= 0.3 is 131 Å². The van der Waals surface area contributed by atoms with Crippen molar-refractivity contribution < 1.29 is 13.2 Å². The van der Waals surface area contributed by atoms with Crippen molar-refractivity contribution in [1.82, 2.24) is 0 Å². The Hall–Kier alpha value is -0.327. The van der Waals surface area contributed by atoms with E-state index in [2.05, 4.69) is 17.3 Å². The maximum absolute atomic E-state index is 13.1. The Morgan fingerprint density at radius 3 is 2.24 bits per heavy atom. The van der Waals surface area contributed by atoms with Crippen molar-refractivity contribution >= 4 is 23.1 Å². The predicted octanol–water partition coefficient (Wildman–Crippen LogP) is 3.52. The second kappa shape index (κ2) is 6.84. The van der Waals surface area contributed by atoms with Gasteiger partial charge in [0.05, 0.1) is 0 Å². The molecule has 1 aromatic rings. The first kappa shape index (κ1) is 17.0. The molecule has 1 aliphatic rings. The van der Waals surface area contributed by atoms with Crippen molar-refractivity contribution in [3.05, 3.63) is 30.3 Å². The van der Waals surface area contributed by atoms with E-state index in [1.807, 2.05) is 18.2 Å². The van der Waals surface area contributed by atoms with Crippen LogP contribution < -0.4 is 0 Å². The number of hydrogen-bond acceptors (Lipinski definition) is 3. The zero-order valence-corrected chi connectivity index (χ0v) is 16.1. The minimum atomic E-state index is -3.22. The van der Waals surface area contributed by atoms with Crippen LogP contribution in [0.15, 0.2) is 35.2 Å². The van der Waals surface area contributed by atoms with E-state index in [1.54, 1.807) is 12.1 Å². The van der Waals surface area contributed by atoms with Crippen molar-refractivity contribution in [2.45, 2.75) is 45.5 Å². The minimum absolute atomic E-state index is 0.164. The number of rotatable bonds is 5. The Kier molecular flexibility index (Phi) is 5.55. The molecule has 0 saturated carbocycles. The normalized spacial score (nSPS) is 19.4. The fourth-order valence-electron chi connectivity index (χ4n) is 3.00. The molecule has 1 fully saturated rings. The molecule has 0 radical (unpaired) electrons.